The second-order valence-electron chi connectivity index (χ2n) is 9.63. The molecule has 38 heavy (non-hydrogen) atoms. The van der Waals surface area contributed by atoms with E-state index >= 15 is 0 Å². The molecule has 1 aliphatic rings. The Morgan fingerprint density at radius 2 is 1.82 bits per heavy atom. The topological polar surface area (TPSA) is 93.5 Å². The number of anilines is 2. The van der Waals surface area contributed by atoms with E-state index in [0.717, 1.165) is 45.6 Å². The van der Waals surface area contributed by atoms with Crippen LogP contribution < -0.4 is 20.1 Å². The van der Waals surface area contributed by atoms with Crippen LogP contribution in [0.1, 0.15) is 49.2 Å². The highest BCUT2D eigenvalue weighted by Gasteiger charge is 2.36. The number of nitrogen functional groups attached to an aromatic ring is 1. The summed E-state index contributed by atoms with van der Waals surface area (Å²) >= 11 is 6.22. The van der Waals surface area contributed by atoms with Crippen molar-refractivity contribution in [3.63, 3.8) is 0 Å². The highest BCUT2D eigenvalue weighted by atomic mass is 35.5. The van der Waals surface area contributed by atoms with E-state index in [4.69, 9.17) is 26.8 Å². The lowest BCUT2D eigenvalue weighted by atomic mass is 9.86. The molecule has 2 heterocycles. The first-order valence-corrected chi connectivity index (χ1v) is 13.1. The number of ether oxygens (including phenoxy) is 2. The molecule has 1 aromatic heterocycles. The number of rotatable bonds is 7. The lowest BCUT2D eigenvalue weighted by Gasteiger charge is -2.38. The van der Waals surface area contributed by atoms with Gasteiger partial charge < -0.3 is 20.1 Å². The van der Waals surface area contributed by atoms with Gasteiger partial charge in [0.15, 0.2) is 17.3 Å². The number of carbonyl (C=O) groups excluding carboxylic acids is 1. The van der Waals surface area contributed by atoms with Crippen molar-refractivity contribution in [1.29, 1.82) is 0 Å². The number of nitrogens with two attached hydrogens (primary N) is 1. The highest BCUT2D eigenvalue weighted by molar-refractivity contribution is 6.30. The molecule has 5 rings (SSSR count). The molecule has 7 nitrogen and oxygen atoms in total. The van der Waals surface area contributed by atoms with Crippen LogP contribution in [0.3, 0.4) is 0 Å². The van der Waals surface area contributed by atoms with Crippen molar-refractivity contribution in [3.8, 4) is 22.6 Å². The van der Waals surface area contributed by atoms with Crippen molar-refractivity contribution in [3.05, 3.63) is 88.1 Å². The van der Waals surface area contributed by atoms with E-state index in [0.29, 0.717) is 22.3 Å². The molecule has 0 spiro atoms. The largest absolute Gasteiger partial charge is 0.493 e. The van der Waals surface area contributed by atoms with Gasteiger partial charge in [0, 0.05) is 22.0 Å². The first kappa shape index (κ1) is 25.7. The number of H-pyrrole nitrogens is 1. The molecule has 0 bridgehead atoms. The normalized spacial score (nSPS) is 15.1. The van der Waals surface area contributed by atoms with Gasteiger partial charge in [-0.2, -0.15) is 5.10 Å². The van der Waals surface area contributed by atoms with Gasteiger partial charge in [-0.3, -0.25) is 9.89 Å². The molecule has 0 fully saturated rings. The Kier molecular flexibility index (Phi) is 7.04. The summed E-state index contributed by atoms with van der Waals surface area (Å²) in [6, 6.07) is 19.1. The summed E-state index contributed by atoms with van der Waals surface area (Å²) in [5, 5.41) is 7.81. The van der Waals surface area contributed by atoms with Crippen molar-refractivity contribution in [2.24, 2.45) is 0 Å². The molecular formula is C30H31ClN4O3. The zero-order valence-electron chi connectivity index (χ0n) is 21.9. The smallest absolute Gasteiger partial charge is 0.232 e. The zero-order chi connectivity index (χ0) is 27.0. The average molecular weight is 531 g/mol. The van der Waals surface area contributed by atoms with Gasteiger partial charge in [0.05, 0.1) is 25.7 Å². The van der Waals surface area contributed by atoms with Gasteiger partial charge in [0.25, 0.3) is 0 Å². The van der Waals surface area contributed by atoms with Gasteiger partial charge in [-0.1, -0.05) is 42.8 Å². The van der Waals surface area contributed by atoms with Gasteiger partial charge in [-0.25, -0.2) is 0 Å². The van der Waals surface area contributed by atoms with Gasteiger partial charge in [0.1, 0.15) is 0 Å². The molecule has 3 N–H and O–H groups in total. The number of nitrogens with zero attached hydrogens (tertiary/aromatic N) is 2. The van der Waals surface area contributed by atoms with E-state index in [1.54, 1.807) is 7.11 Å². The van der Waals surface area contributed by atoms with Gasteiger partial charge in [0.2, 0.25) is 5.91 Å². The maximum atomic E-state index is 13.7. The molecule has 0 radical (unpaired) electrons. The molecule has 8 heteroatoms. The minimum absolute atomic E-state index is 0.0122. The van der Waals surface area contributed by atoms with E-state index in [1.807, 2.05) is 79.4 Å². The van der Waals surface area contributed by atoms with E-state index in [9.17, 15) is 4.79 Å². The van der Waals surface area contributed by atoms with Crippen LogP contribution in [-0.2, 0) is 17.6 Å². The number of aryl methyl sites for hydroxylation is 1. The maximum Gasteiger partial charge on any atom is 0.232 e. The summed E-state index contributed by atoms with van der Waals surface area (Å²) in [5.74, 6) is 1.71. The lowest BCUT2D eigenvalue weighted by Crippen LogP contribution is -2.41. The van der Waals surface area contributed by atoms with Crippen LogP contribution in [0.2, 0.25) is 5.02 Å². The predicted octanol–water partition coefficient (Wildman–Crippen LogP) is 6.35. The number of nitrogens with one attached hydrogen (secondary N) is 1. The Balaban J connectivity index is 1.64. The number of amides is 1. The minimum Gasteiger partial charge on any atom is -0.493 e. The molecule has 4 aromatic rings. The van der Waals surface area contributed by atoms with E-state index in [-0.39, 0.29) is 24.5 Å². The Morgan fingerprint density at radius 1 is 1.11 bits per heavy atom. The molecule has 0 saturated carbocycles. The molecule has 1 aliphatic heterocycles. The fourth-order valence-electron chi connectivity index (χ4n) is 5.09. The molecule has 196 valence electrons. The maximum absolute atomic E-state index is 13.7. The fourth-order valence-corrected chi connectivity index (χ4v) is 5.22. The van der Waals surface area contributed by atoms with Gasteiger partial charge in [-0.15, -0.1) is 0 Å². The third kappa shape index (κ3) is 4.70. The van der Waals surface area contributed by atoms with Crippen LogP contribution in [-0.4, -0.2) is 29.3 Å². The van der Waals surface area contributed by atoms with Crippen LogP contribution in [0.4, 0.5) is 11.5 Å². The standard InChI is InChI=1S/C30H31ClN4O3/c1-5-24-28(30(32)34-33-24)18-8-12-22(13-9-18)35-27(36)15-20-14-25(37-4)26(38-17(2)3)16-23(20)29(35)19-6-10-21(31)11-7-19/h6-14,16-17,29H,5,15H2,1-4H3,(H3,32,33,34)/t29-/m0/s1. The Labute approximate surface area is 227 Å². The molecule has 0 unspecified atom stereocenters. The number of aromatic amines is 1. The molecular weight excluding hydrogens is 500 g/mol. The second kappa shape index (κ2) is 10.4. The van der Waals surface area contributed by atoms with Gasteiger partial charge >= 0.3 is 0 Å². The van der Waals surface area contributed by atoms with Gasteiger partial charge in [-0.05, 0) is 78.9 Å². The zero-order valence-corrected chi connectivity index (χ0v) is 22.7. The summed E-state index contributed by atoms with van der Waals surface area (Å²) in [5.41, 5.74) is 12.6. The van der Waals surface area contributed by atoms with Crippen LogP contribution in [0.15, 0.2) is 60.7 Å². The summed E-state index contributed by atoms with van der Waals surface area (Å²) in [7, 11) is 1.61. The third-order valence-corrected chi connectivity index (χ3v) is 7.05. The third-order valence-electron chi connectivity index (χ3n) is 6.79. The monoisotopic (exact) mass is 530 g/mol. The number of aromatic nitrogens is 2. The SMILES string of the molecule is CCc1[nH]nc(N)c1-c1ccc(N2C(=O)Cc3cc(OC)c(OC(C)C)cc3[C@@H]2c2ccc(Cl)cc2)cc1. The highest BCUT2D eigenvalue weighted by Crippen LogP contribution is 2.44. The predicted molar refractivity (Wildman–Crippen MR) is 151 cm³/mol. The van der Waals surface area contributed by atoms with E-state index < -0.39 is 0 Å². The Bertz CT molecular complexity index is 1460. The van der Waals surface area contributed by atoms with Crippen molar-refractivity contribution in [2.45, 2.75) is 45.8 Å². The molecule has 0 saturated heterocycles. The fraction of sp³-hybridized carbons (Fsp3) is 0.267. The molecule has 3 aromatic carbocycles. The number of benzene rings is 3. The number of halogens is 1. The number of carbonyl (C=O) groups is 1. The van der Waals surface area contributed by atoms with Crippen LogP contribution in [0, 0.1) is 0 Å². The average Bonchev–Trinajstić information content (AvgIpc) is 3.28. The van der Waals surface area contributed by atoms with Crippen molar-refractivity contribution < 1.29 is 14.3 Å². The van der Waals surface area contributed by atoms with Crippen molar-refractivity contribution in [2.75, 3.05) is 17.7 Å². The Hall–Kier alpha value is -3.97. The Morgan fingerprint density at radius 3 is 2.45 bits per heavy atom. The van der Waals surface area contributed by atoms with Crippen molar-refractivity contribution >= 4 is 29.0 Å². The number of methoxy groups -OCH3 is 1. The summed E-state index contributed by atoms with van der Waals surface area (Å²) in [6.07, 6.45) is 0.993. The summed E-state index contributed by atoms with van der Waals surface area (Å²) in [4.78, 5) is 15.6. The van der Waals surface area contributed by atoms with E-state index in [2.05, 4.69) is 17.1 Å². The first-order chi connectivity index (χ1) is 18.3. The number of fused-ring (bicyclic) bond motifs is 1. The van der Waals surface area contributed by atoms with Crippen LogP contribution >= 0.6 is 11.6 Å². The van der Waals surface area contributed by atoms with Crippen LogP contribution in [0.25, 0.3) is 11.1 Å². The number of hydrogen-bond acceptors (Lipinski definition) is 5. The summed E-state index contributed by atoms with van der Waals surface area (Å²) < 4.78 is 11.7. The minimum atomic E-state index is -0.375. The van der Waals surface area contributed by atoms with E-state index in [1.165, 1.54) is 0 Å². The first-order valence-electron chi connectivity index (χ1n) is 12.7. The quantitative estimate of drug-likeness (QED) is 0.290. The van der Waals surface area contributed by atoms with Crippen molar-refractivity contribution in [1.82, 2.24) is 10.2 Å². The molecule has 1 atom stereocenters. The second-order valence-corrected chi connectivity index (χ2v) is 10.1. The molecule has 1 amide bonds. The number of hydrogen-bond donors (Lipinski definition) is 2. The lowest BCUT2D eigenvalue weighted by molar-refractivity contribution is -0.118. The van der Waals surface area contributed by atoms with Crippen LogP contribution in [0.5, 0.6) is 11.5 Å². The summed E-state index contributed by atoms with van der Waals surface area (Å²) in [6.45, 7) is 6.00. The molecule has 0 aliphatic carbocycles.